The molecule has 0 bridgehead atoms. The van der Waals surface area contributed by atoms with Crippen molar-refractivity contribution in [3.05, 3.63) is 0 Å². The summed E-state index contributed by atoms with van der Waals surface area (Å²) in [4.78, 5) is 16.3. The van der Waals surface area contributed by atoms with Crippen LogP contribution in [0.1, 0.15) is 61.3 Å². The number of rotatable bonds is 8. The van der Waals surface area contributed by atoms with Crippen molar-refractivity contribution >= 4 is 45.9 Å². The Hall–Kier alpha value is -0.780. The molecular weight excluding hydrogens is 495 g/mol. The topological polar surface area (TPSA) is 109 Å². The fourth-order valence-corrected chi connectivity index (χ4v) is 2.48. The molecule has 0 heterocycles. The molecule has 0 saturated carbocycles. The third-order valence-corrected chi connectivity index (χ3v) is 6.77. The largest absolute Gasteiger partial charge is 0.444 e. The highest BCUT2D eigenvalue weighted by Gasteiger charge is 2.32. The van der Waals surface area contributed by atoms with Gasteiger partial charge in [-0.2, -0.15) is 0 Å². The summed E-state index contributed by atoms with van der Waals surface area (Å²) in [6, 6.07) is 0. The van der Waals surface area contributed by atoms with E-state index in [1.807, 2.05) is 34.6 Å². The molecule has 8 nitrogen and oxygen atoms in total. The Balaban J connectivity index is 0. The second-order valence-corrected chi connectivity index (χ2v) is 11.1. The van der Waals surface area contributed by atoms with E-state index < -0.39 is 31.8 Å². The zero-order valence-electron chi connectivity index (χ0n) is 18.7. The van der Waals surface area contributed by atoms with Crippen LogP contribution in [0, 0.1) is 0 Å². The molecule has 0 aliphatic heterocycles. The smallest absolute Gasteiger partial charge is 0.408 e. The molecule has 0 rings (SSSR count). The van der Waals surface area contributed by atoms with Crippen LogP contribution in [-0.2, 0) is 14.6 Å². The summed E-state index contributed by atoms with van der Waals surface area (Å²) in [5, 5.41) is 9.18. The maximum absolute atomic E-state index is 12.2. The van der Waals surface area contributed by atoms with Gasteiger partial charge < -0.3 is 20.7 Å². The minimum absolute atomic E-state index is 0. The molecule has 0 unspecified atom stereocenters. The van der Waals surface area contributed by atoms with Crippen LogP contribution in [0.15, 0.2) is 4.99 Å². The lowest BCUT2D eigenvalue weighted by molar-refractivity contribution is 0.0448. The Morgan fingerprint density at radius 2 is 1.46 bits per heavy atom. The van der Waals surface area contributed by atoms with Gasteiger partial charge in [-0.25, -0.2) is 13.2 Å². The SMILES string of the molecule is CCC(CC)(CNC(=NC)NCC(C)(C)S(C)(=O)=O)NC(=O)OC(C)(C)C.I. The van der Waals surface area contributed by atoms with E-state index in [4.69, 9.17) is 4.74 Å². The number of alkyl carbamates (subject to hydrolysis) is 1. The fourth-order valence-electron chi connectivity index (χ4n) is 2.14. The average molecular weight is 535 g/mol. The van der Waals surface area contributed by atoms with E-state index >= 15 is 0 Å². The Bertz CT molecular complexity index is 624. The van der Waals surface area contributed by atoms with Gasteiger partial charge in [0, 0.05) is 26.4 Å². The van der Waals surface area contributed by atoms with Crippen molar-refractivity contribution in [1.29, 1.82) is 0 Å². The first-order valence-corrected chi connectivity index (χ1v) is 11.2. The molecule has 0 aliphatic carbocycles. The van der Waals surface area contributed by atoms with Gasteiger partial charge in [0.25, 0.3) is 0 Å². The quantitative estimate of drug-likeness (QED) is 0.251. The standard InChI is InChI=1S/C18H38N4O4S.HI/c1-10-18(11-2,22-15(23)26-16(3,4)5)13-21-14(19-8)20-12-17(6,7)27(9,24)25;/h10-13H2,1-9H3,(H,22,23)(H2,19,20,21);1H. The summed E-state index contributed by atoms with van der Waals surface area (Å²) in [5.74, 6) is 0.476. The molecule has 1 amide bonds. The van der Waals surface area contributed by atoms with Crippen LogP contribution in [0.25, 0.3) is 0 Å². The van der Waals surface area contributed by atoms with Crippen LogP contribution in [0.4, 0.5) is 4.79 Å². The number of halogens is 1. The summed E-state index contributed by atoms with van der Waals surface area (Å²) >= 11 is 0. The van der Waals surface area contributed by atoms with Gasteiger partial charge in [-0.3, -0.25) is 4.99 Å². The number of ether oxygens (including phenoxy) is 1. The molecule has 10 heteroatoms. The number of hydrogen-bond acceptors (Lipinski definition) is 5. The molecule has 0 fully saturated rings. The summed E-state index contributed by atoms with van der Waals surface area (Å²) in [6.45, 7) is 13.4. The molecule has 168 valence electrons. The van der Waals surface area contributed by atoms with Crippen molar-refractivity contribution in [2.75, 3.05) is 26.4 Å². The normalized spacial score (nSPS) is 13.4. The average Bonchev–Trinajstić information content (AvgIpc) is 2.50. The highest BCUT2D eigenvalue weighted by Crippen LogP contribution is 2.17. The minimum atomic E-state index is -3.21. The van der Waals surface area contributed by atoms with Crippen molar-refractivity contribution in [3.63, 3.8) is 0 Å². The van der Waals surface area contributed by atoms with E-state index in [1.165, 1.54) is 6.26 Å². The maximum atomic E-state index is 12.2. The Morgan fingerprint density at radius 1 is 1.00 bits per heavy atom. The van der Waals surface area contributed by atoms with Gasteiger partial charge in [0.2, 0.25) is 0 Å². The number of aliphatic imine (C=N–C) groups is 1. The van der Waals surface area contributed by atoms with Crippen LogP contribution < -0.4 is 16.0 Å². The first-order chi connectivity index (χ1) is 12.1. The predicted molar refractivity (Wildman–Crippen MR) is 126 cm³/mol. The lowest BCUT2D eigenvalue weighted by atomic mass is 9.93. The van der Waals surface area contributed by atoms with E-state index in [0.29, 0.717) is 25.3 Å². The monoisotopic (exact) mass is 534 g/mol. The van der Waals surface area contributed by atoms with Crippen molar-refractivity contribution < 1.29 is 17.9 Å². The molecular formula is C18H39IN4O4S. The van der Waals surface area contributed by atoms with Gasteiger partial charge in [-0.15, -0.1) is 24.0 Å². The minimum Gasteiger partial charge on any atom is -0.444 e. The van der Waals surface area contributed by atoms with E-state index in [1.54, 1.807) is 20.9 Å². The first-order valence-electron chi connectivity index (χ1n) is 9.26. The molecule has 0 aliphatic rings. The van der Waals surface area contributed by atoms with Crippen molar-refractivity contribution in [2.45, 2.75) is 77.2 Å². The molecule has 0 aromatic heterocycles. The van der Waals surface area contributed by atoms with E-state index in [-0.39, 0.29) is 30.5 Å². The molecule has 28 heavy (non-hydrogen) atoms. The second kappa shape index (κ2) is 11.4. The molecule has 0 atom stereocenters. The fraction of sp³-hybridized carbons (Fsp3) is 0.889. The van der Waals surface area contributed by atoms with Crippen LogP contribution in [0.3, 0.4) is 0 Å². The van der Waals surface area contributed by atoms with Gasteiger partial charge in [0.1, 0.15) is 5.60 Å². The van der Waals surface area contributed by atoms with Crippen LogP contribution in [-0.4, -0.2) is 62.8 Å². The van der Waals surface area contributed by atoms with Gasteiger partial charge in [0.15, 0.2) is 15.8 Å². The molecule has 0 aromatic rings. The van der Waals surface area contributed by atoms with Crippen molar-refractivity contribution in [2.24, 2.45) is 4.99 Å². The van der Waals surface area contributed by atoms with Gasteiger partial charge in [-0.1, -0.05) is 13.8 Å². The third kappa shape index (κ3) is 10.1. The second-order valence-electron chi connectivity index (χ2n) is 8.43. The Morgan fingerprint density at radius 3 is 1.82 bits per heavy atom. The number of sulfone groups is 1. The number of carbonyl (C=O) groups is 1. The van der Waals surface area contributed by atoms with Crippen LogP contribution in [0.5, 0.6) is 0 Å². The molecule has 0 radical (unpaired) electrons. The molecule has 0 saturated heterocycles. The van der Waals surface area contributed by atoms with Gasteiger partial charge in [-0.05, 0) is 47.5 Å². The predicted octanol–water partition coefficient (Wildman–Crippen LogP) is 2.68. The van der Waals surface area contributed by atoms with Crippen molar-refractivity contribution in [1.82, 2.24) is 16.0 Å². The van der Waals surface area contributed by atoms with Gasteiger partial charge >= 0.3 is 6.09 Å². The summed E-state index contributed by atoms with van der Waals surface area (Å²) in [7, 11) is -1.60. The summed E-state index contributed by atoms with van der Waals surface area (Å²) in [6.07, 6.45) is 2.15. The highest BCUT2D eigenvalue weighted by atomic mass is 127. The van der Waals surface area contributed by atoms with E-state index in [0.717, 1.165) is 0 Å². The van der Waals surface area contributed by atoms with E-state index in [2.05, 4.69) is 20.9 Å². The molecule has 0 aromatic carbocycles. The maximum Gasteiger partial charge on any atom is 0.408 e. The third-order valence-electron chi connectivity index (χ3n) is 4.62. The molecule has 0 spiro atoms. The zero-order chi connectivity index (χ0) is 21.5. The number of guanidine groups is 1. The Kier molecular flexibility index (Phi) is 12.0. The number of nitrogens with zero attached hydrogens (tertiary/aromatic N) is 1. The number of amides is 1. The first kappa shape index (κ1) is 29.4. The van der Waals surface area contributed by atoms with Crippen LogP contribution in [0.2, 0.25) is 0 Å². The lowest BCUT2D eigenvalue weighted by Crippen LogP contribution is -2.58. The number of nitrogens with one attached hydrogen (secondary N) is 3. The van der Waals surface area contributed by atoms with Gasteiger partial charge in [0.05, 0.1) is 10.3 Å². The molecule has 3 N–H and O–H groups in total. The van der Waals surface area contributed by atoms with Crippen molar-refractivity contribution in [3.8, 4) is 0 Å². The Labute approximate surface area is 188 Å². The van der Waals surface area contributed by atoms with E-state index in [9.17, 15) is 13.2 Å². The highest BCUT2D eigenvalue weighted by molar-refractivity contribution is 14.0. The lowest BCUT2D eigenvalue weighted by Gasteiger charge is -2.34. The summed E-state index contributed by atoms with van der Waals surface area (Å²) in [5.41, 5.74) is -1.08. The van der Waals surface area contributed by atoms with Crippen LogP contribution >= 0.6 is 24.0 Å². The summed E-state index contributed by atoms with van der Waals surface area (Å²) < 4.78 is 28.1. The zero-order valence-corrected chi connectivity index (χ0v) is 21.9. The number of carbonyl (C=O) groups excluding carboxylic acids is 1. The number of hydrogen-bond donors (Lipinski definition) is 3.